The lowest BCUT2D eigenvalue weighted by Crippen LogP contribution is -2.58. The molecule has 1 aromatic heterocycles. The number of hydrogen-bond donors (Lipinski definition) is 0. The van der Waals surface area contributed by atoms with Crippen LogP contribution < -0.4 is 9.80 Å². The second kappa shape index (κ2) is 7.46. The molecule has 3 aromatic rings. The molecule has 0 N–H and O–H groups in total. The number of piperazine rings is 1. The first-order chi connectivity index (χ1) is 14.1. The lowest BCUT2D eigenvalue weighted by Gasteiger charge is -2.43. The Hall–Kier alpha value is -2.38. The summed E-state index contributed by atoms with van der Waals surface area (Å²) in [6, 6.07) is 12.5. The van der Waals surface area contributed by atoms with Crippen molar-refractivity contribution in [3.63, 3.8) is 0 Å². The summed E-state index contributed by atoms with van der Waals surface area (Å²) in [5.41, 5.74) is 1.83. The summed E-state index contributed by atoms with van der Waals surface area (Å²) in [7, 11) is 0. The van der Waals surface area contributed by atoms with Crippen molar-refractivity contribution in [2.24, 2.45) is 5.92 Å². The molecule has 0 bridgehead atoms. The lowest BCUT2D eigenvalue weighted by molar-refractivity contribution is -0.136. The summed E-state index contributed by atoms with van der Waals surface area (Å²) in [5, 5.41) is 1.61. The highest BCUT2D eigenvalue weighted by atomic mass is 35.5. The van der Waals surface area contributed by atoms with E-state index in [2.05, 4.69) is 14.8 Å². The number of carbonyl (C=O) groups excluding carboxylic acids is 1. The Bertz CT molecular complexity index is 1060. The molecule has 8 heteroatoms. The zero-order valence-electron chi connectivity index (χ0n) is 15.7. The van der Waals surface area contributed by atoms with Crippen LogP contribution in [0.2, 0.25) is 5.02 Å². The second-order valence-corrected chi connectivity index (χ2v) is 8.89. The molecule has 29 heavy (non-hydrogen) atoms. The number of thiazole rings is 1. The van der Waals surface area contributed by atoms with Crippen LogP contribution in [-0.4, -0.2) is 55.1 Å². The van der Waals surface area contributed by atoms with Crippen molar-refractivity contribution in [2.75, 3.05) is 49.1 Å². The van der Waals surface area contributed by atoms with Gasteiger partial charge in [0, 0.05) is 39.3 Å². The summed E-state index contributed by atoms with van der Waals surface area (Å²) in [4.78, 5) is 23.7. The van der Waals surface area contributed by atoms with Crippen molar-refractivity contribution in [1.29, 1.82) is 0 Å². The molecule has 2 saturated heterocycles. The van der Waals surface area contributed by atoms with Gasteiger partial charge in [-0.1, -0.05) is 35.1 Å². The van der Waals surface area contributed by atoms with Gasteiger partial charge in [0.2, 0.25) is 5.91 Å². The van der Waals surface area contributed by atoms with Gasteiger partial charge < -0.3 is 14.7 Å². The van der Waals surface area contributed by atoms with Gasteiger partial charge in [-0.05, 0) is 30.3 Å². The number of anilines is 2. The Morgan fingerprint density at radius 1 is 1.07 bits per heavy atom. The van der Waals surface area contributed by atoms with Gasteiger partial charge >= 0.3 is 0 Å². The number of para-hydroxylation sites is 1. The van der Waals surface area contributed by atoms with E-state index in [1.807, 2.05) is 29.2 Å². The molecule has 0 spiro atoms. The van der Waals surface area contributed by atoms with Crippen LogP contribution in [0.3, 0.4) is 0 Å². The number of halogens is 2. The molecule has 5 nitrogen and oxygen atoms in total. The van der Waals surface area contributed by atoms with Crippen LogP contribution in [0.4, 0.5) is 15.2 Å². The molecule has 5 rings (SSSR count). The molecule has 3 heterocycles. The van der Waals surface area contributed by atoms with Crippen molar-refractivity contribution in [3.8, 4) is 0 Å². The molecule has 0 aliphatic carbocycles. The zero-order chi connectivity index (χ0) is 20.0. The van der Waals surface area contributed by atoms with Crippen LogP contribution in [0.5, 0.6) is 0 Å². The molecule has 2 aliphatic heterocycles. The Labute approximate surface area is 177 Å². The number of aromatic nitrogens is 1. The van der Waals surface area contributed by atoms with Crippen molar-refractivity contribution >= 4 is 49.9 Å². The maximum absolute atomic E-state index is 13.4. The van der Waals surface area contributed by atoms with Crippen LogP contribution in [-0.2, 0) is 4.79 Å². The minimum Gasteiger partial charge on any atom is -0.367 e. The van der Waals surface area contributed by atoms with Crippen LogP contribution in [0.15, 0.2) is 42.5 Å². The van der Waals surface area contributed by atoms with E-state index in [1.165, 1.54) is 23.5 Å². The van der Waals surface area contributed by atoms with Gasteiger partial charge in [0.1, 0.15) is 5.82 Å². The Balaban J connectivity index is 1.17. The fourth-order valence-corrected chi connectivity index (χ4v) is 5.21. The molecule has 2 aromatic carbocycles. The number of carbonyl (C=O) groups is 1. The largest absolute Gasteiger partial charge is 0.367 e. The number of benzene rings is 2. The minimum atomic E-state index is -0.250. The molecule has 2 aliphatic rings. The first-order valence-corrected chi connectivity index (χ1v) is 10.9. The van der Waals surface area contributed by atoms with Gasteiger partial charge in [-0.3, -0.25) is 4.79 Å². The van der Waals surface area contributed by atoms with Crippen molar-refractivity contribution < 1.29 is 9.18 Å². The van der Waals surface area contributed by atoms with E-state index in [0.717, 1.165) is 39.1 Å². The van der Waals surface area contributed by atoms with Gasteiger partial charge in [0.25, 0.3) is 0 Å². The molecule has 150 valence electrons. The molecule has 0 atom stereocenters. The van der Waals surface area contributed by atoms with Gasteiger partial charge in [0.05, 0.1) is 26.8 Å². The number of amides is 1. The maximum atomic E-state index is 13.4. The zero-order valence-corrected chi connectivity index (χ0v) is 17.3. The first kappa shape index (κ1) is 18.6. The highest BCUT2D eigenvalue weighted by molar-refractivity contribution is 7.22. The fraction of sp³-hybridized carbons (Fsp3) is 0.333. The Kier molecular flexibility index (Phi) is 4.80. The summed E-state index contributed by atoms with van der Waals surface area (Å²) >= 11 is 7.77. The monoisotopic (exact) mass is 430 g/mol. The third-order valence-corrected chi connectivity index (χ3v) is 7.02. The SMILES string of the molecule is O=C(C1CN(c2nc3ccc(F)cc3s2)C1)N1CCN(c2ccccc2Cl)CC1. The van der Waals surface area contributed by atoms with Crippen molar-refractivity contribution in [1.82, 2.24) is 9.88 Å². The van der Waals surface area contributed by atoms with Crippen LogP contribution >= 0.6 is 22.9 Å². The third-order valence-electron chi connectivity index (χ3n) is 5.62. The van der Waals surface area contributed by atoms with Gasteiger partial charge in [-0.15, -0.1) is 0 Å². The average molecular weight is 431 g/mol. The molecule has 0 radical (unpaired) electrons. The number of nitrogens with zero attached hydrogens (tertiary/aromatic N) is 4. The van der Waals surface area contributed by atoms with Crippen molar-refractivity contribution in [3.05, 3.63) is 53.3 Å². The predicted molar refractivity (Wildman–Crippen MR) is 116 cm³/mol. The highest BCUT2D eigenvalue weighted by Gasteiger charge is 2.37. The van der Waals surface area contributed by atoms with E-state index in [1.54, 1.807) is 6.07 Å². The second-order valence-electron chi connectivity index (χ2n) is 7.47. The van der Waals surface area contributed by atoms with E-state index in [9.17, 15) is 9.18 Å². The average Bonchev–Trinajstić information content (AvgIpc) is 3.10. The van der Waals surface area contributed by atoms with Crippen LogP contribution in [0, 0.1) is 11.7 Å². The summed E-state index contributed by atoms with van der Waals surface area (Å²) in [6.45, 7) is 4.34. The van der Waals surface area contributed by atoms with E-state index in [0.29, 0.717) is 26.2 Å². The topological polar surface area (TPSA) is 39.7 Å². The quantitative estimate of drug-likeness (QED) is 0.632. The molecule has 0 saturated carbocycles. The van der Waals surface area contributed by atoms with E-state index in [-0.39, 0.29) is 17.6 Å². The number of hydrogen-bond acceptors (Lipinski definition) is 5. The molecule has 1 amide bonds. The van der Waals surface area contributed by atoms with Crippen molar-refractivity contribution in [2.45, 2.75) is 0 Å². The van der Waals surface area contributed by atoms with Crippen LogP contribution in [0.25, 0.3) is 10.2 Å². The molecular formula is C21H20ClFN4OS. The predicted octanol–water partition coefficient (Wildman–Crippen LogP) is 3.87. The molecule has 0 unspecified atom stereocenters. The Morgan fingerprint density at radius 3 is 2.59 bits per heavy atom. The third kappa shape index (κ3) is 3.53. The van der Waals surface area contributed by atoms with E-state index in [4.69, 9.17) is 11.6 Å². The number of rotatable bonds is 3. The normalized spacial score (nSPS) is 17.7. The minimum absolute atomic E-state index is 0.00520. The van der Waals surface area contributed by atoms with Gasteiger partial charge in [0.15, 0.2) is 5.13 Å². The first-order valence-electron chi connectivity index (χ1n) is 9.68. The molecular weight excluding hydrogens is 411 g/mol. The lowest BCUT2D eigenvalue weighted by atomic mass is 9.99. The molecule has 2 fully saturated rings. The fourth-order valence-electron chi connectivity index (χ4n) is 3.95. The summed E-state index contributed by atoms with van der Waals surface area (Å²) in [6.07, 6.45) is 0. The van der Waals surface area contributed by atoms with Gasteiger partial charge in [-0.2, -0.15) is 0 Å². The van der Waals surface area contributed by atoms with E-state index >= 15 is 0 Å². The number of fused-ring (bicyclic) bond motifs is 1. The highest BCUT2D eigenvalue weighted by Crippen LogP contribution is 2.34. The van der Waals surface area contributed by atoms with Gasteiger partial charge in [-0.25, -0.2) is 9.37 Å². The smallest absolute Gasteiger partial charge is 0.229 e. The standard InChI is InChI=1S/C21H20ClFN4OS/c22-16-3-1-2-4-18(16)25-7-9-26(10-8-25)20(28)14-12-27(13-14)21-24-17-6-5-15(23)11-19(17)29-21/h1-6,11,14H,7-10,12-13H2. The van der Waals surface area contributed by atoms with Crippen LogP contribution in [0.1, 0.15) is 0 Å². The Morgan fingerprint density at radius 2 is 1.83 bits per heavy atom. The van der Waals surface area contributed by atoms with E-state index < -0.39 is 0 Å². The summed E-state index contributed by atoms with van der Waals surface area (Å²) < 4.78 is 14.2. The maximum Gasteiger partial charge on any atom is 0.229 e. The summed E-state index contributed by atoms with van der Waals surface area (Å²) in [5.74, 6) is -0.0295.